The van der Waals surface area contributed by atoms with E-state index in [-0.39, 0.29) is 34.4 Å². The molecule has 0 aromatic heterocycles. The van der Waals surface area contributed by atoms with E-state index in [1.807, 2.05) is 18.2 Å². The van der Waals surface area contributed by atoms with Crippen molar-refractivity contribution in [2.24, 2.45) is 11.8 Å². The minimum atomic E-state index is -0.894. The Balaban J connectivity index is 1.58. The highest BCUT2D eigenvalue weighted by Gasteiger charge is 2.48. The molecule has 0 fully saturated rings. The van der Waals surface area contributed by atoms with E-state index in [9.17, 15) is 20.0 Å². The zero-order chi connectivity index (χ0) is 21.3. The number of carboxylic acid groups (broad SMARTS) is 1. The van der Waals surface area contributed by atoms with Crippen LogP contribution < -0.4 is 4.90 Å². The molecule has 2 aromatic carbocycles. The van der Waals surface area contributed by atoms with Crippen LogP contribution in [0.1, 0.15) is 57.8 Å². The first kappa shape index (κ1) is 18.4. The van der Waals surface area contributed by atoms with Crippen LogP contribution in [-0.4, -0.2) is 22.5 Å². The van der Waals surface area contributed by atoms with Crippen LogP contribution >= 0.6 is 0 Å². The van der Waals surface area contributed by atoms with Crippen molar-refractivity contribution in [3.05, 3.63) is 93.1 Å². The molecule has 0 radical (unpaired) electrons. The molecule has 2 aliphatic carbocycles. The number of hydrogen-bond donors (Lipinski definition) is 1. The standard InChI is InChI=1S/C25H22N2O4/c28-25(29)16-11-21-18-7-2-5-15(18)13-26-23(14-4-1-6-17(10-14)27(30)31)20-9-3-8-19(20)22(12-16)24(21)26/h1-4,6-8,10-12,15,18-20,23H,5,9,13H2,(H,28,29)/t15-,18-,19-,20-,23+/m1/s1. The second kappa shape index (κ2) is 6.54. The Bertz CT molecular complexity index is 1170. The molecule has 0 saturated carbocycles. The molecule has 156 valence electrons. The molecule has 6 rings (SSSR count). The van der Waals surface area contributed by atoms with Crippen LogP contribution in [0, 0.1) is 22.0 Å². The van der Waals surface area contributed by atoms with E-state index < -0.39 is 5.97 Å². The van der Waals surface area contributed by atoms with Crippen LogP contribution in [0.15, 0.2) is 60.7 Å². The van der Waals surface area contributed by atoms with Gasteiger partial charge in [-0.15, -0.1) is 0 Å². The van der Waals surface area contributed by atoms with E-state index in [1.165, 1.54) is 0 Å². The summed E-state index contributed by atoms with van der Waals surface area (Å²) in [5.74, 6) is 0.0929. The first-order chi connectivity index (χ1) is 15.0. The number of benzene rings is 2. The number of non-ortho nitro benzene ring substituents is 1. The van der Waals surface area contributed by atoms with Gasteiger partial charge in [0.05, 0.1) is 16.5 Å². The van der Waals surface area contributed by atoms with Crippen molar-refractivity contribution >= 4 is 17.3 Å². The smallest absolute Gasteiger partial charge is 0.335 e. The summed E-state index contributed by atoms with van der Waals surface area (Å²) in [6.45, 7) is 0.876. The Kier molecular flexibility index (Phi) is 3.88. The van der Waals surface area contributed by atoms with Gasteiger partial charge in [-0.25, -0.2) is 4.79 Å². The third-order valence-electron chi connectivity index (χ3n) is 7.52. The summed E-state index contributed by atoms with van der Waals surface area (Å²) >= 11 is 0. The number of anilines is 1. The summed E-state index contributed by atoms with van der Waals surface area (Å²) < 4.78 is 0. The van der Waals surface area contributed by atoms with Gasteiger partial charge in [0.2, 0.25) is 0 Å². The number of nitrogens with zero attached hydrogens (tertiary/aromatic N) is 2. The highest BCUT2D eigenvalue weighted by Crippen LogP contribution is 2.59. The largest absolute Gasteiger partial charge is 0.478 e. The van der Waals surface area contributed by atoms with Gasteiger partial charge in [0, 0.05) is 36.2 Å². The van der Waals surface area contributed by atoms with E-state index in [1.54, 1.807) is 18.2 Å². The summed E-state index contributed by atoms with van der Waals surface area (Å²) in [6.07, 6.45) is 10.7. The number of carbonyl (C=O) groups is 1. The van der Waals surface area contributed by atoms with Gasteiger partial charge in [-0.1, -0.05) is 36.4 Å². The van der Waals surface area contributed by atoms with E-state index >= 15 is 0 Å². The summed E-state index contributed by atoms with van der Waals surface area (Å²) in [6, 6.07) is 10.8. The molecule has 0 bridgehead atoms. The van der Waals surface area contributed by atoms with Crippen molar-refractivity contribution in [2.75, 3.05) is 11.4 Å². The number of nitro groups is 1. The minimum Gasteiger partial charge on any atom is -0.478 e. The molecule has 6 heteroatoms. The Morgan fingerprint density at radius 2 is 1.81 bits per heavy atom. The van der Waals surface area contributed by atoms with Crippen molar-refractivity contribution in [2.45, 2.75) is 30.7 Å². The normalized spacial score (nSPS) is 29.4. The molecule has 4 aliphatic rings. The summed E-state index contributed by atoms with van der Waals surface area (Å²) in [5.41, 5.74) is 4.76. The lowest BCUT2D eigenvalue weighted by atomic mass is 9.70. The second-order valence-electron chi connectivity index (χ2n) is 9.06. The van der Waals surface area contributed by atoms with Crippen LogP contribution in [0.2, 0.25) is 0 Å². The predicted molar refractivity (Wildman–Crippen MR) is 117 cm³/mol. The van der Waals surface area contributed by atoms with Crippen LogP contribution in [0.5, 0.6) is 0 Å². The fraction of sp³-hybridized carbons (Fsp3) is 0.320. The lowest BCUT2D eigenvalue weighted by Crippen LogP contribution is -2.46. The Labute approximate surface area is 179 Å². The number of rotatable bonds is 3. The van der Waals surface area contributed by atoms with Gasteiger partial charge in [0.15, 0.2) is 0 Å². The van der Waals surface area contributed by atoms with Crippen LogP contribution in [-0.2, 0) is 0 Å². The molecule has 0 unspecified atom stereocenters. The molecule has 6 nitrogen and oxygen atoms in total. The average Bonchev–Trinajstić information content (AvgIpc) is 3.43. The van der Waals surface area contributed by atoms with E-state index in [0.29, 0.717) is 11.5 Å². The van der Waals surface area contributed by atoms with Crippen molar-refractivity contribution in [1.82, 2.24) is 0 Å². The zero-order valence-electron chi connectivity index (χ0n) is 16.8. The summed E-state index contributed by atoms with van der Waals surface area (Å²) in [5, 5.41) is 21.2. The fourth-order valence-electron chi connectivity index (χ4n) is 6.30. The van der Waals surface area contributed by atoms with Gasteiger partial charge in [-0.3, -0.25) is 10.1 Å². The first-order valence-corrected chi connectivity index (χ1v) is 10.8. The number of allylic oxidation sites excluding steroid dienone is 4. The maximum Gasteiger partial charge on any atom is 0.335 e. The second-order valence-corrected chi connectivity index (χ2v) is 9.06. The van der Waals surface area contributed by atoms with Gasteiger partial charge < -0.3 is 10.0 Å². The Hall–Kier alpha value is -3.41. The average molecular weight is 414 g/mol. The highest BCUT2D eigenvalue weighted by molar-refractivity contribution is 5.90. The zero-order valence-corrected chi connectivity index (χ0v) is 16.8. The number of carboxylic acids is 1. The third-order valence-corrected chi connectivity index (χ3v) is 7.52. The molecule has 2 aromatic rings. The van der Waals surface area contributed by atoms with E-state index in [2.05, 4.69) is 29.2 Å². The predicted octanol–water partition coefficient (Wildman–Crippen LogP) is 5.19. The van der Waals surface area contributed by atoms with Gasteiger partial charge in [0.1, 0.15) is 0 Å². The van der Waals surface area contributed by atoms with Crippen LogP contribution in [0.4, 0.5) is 11.4 Å². The minimum absolute atomic E-state index is 0.0309. The van der Waals surface area contributed by atoms with Gasteiger partial charge in [-0.05, 0) is 53.5 Å². The molecular weight excluding hydrogens is 392 g/mol. The lowest BCUT2D eigenvalue weighted by molar-refractivity contribution is -0.384. The summed E-state index contributed by atoms with van der Waals surface area (Å²) in [7, 11) is 0. The van der Waals surface area contributed by atoms with E-state index in [0.717, 1.165) is 41.8 Å². The van der Waals surface area contributed by atoms with Crippen LogP contribution in [0.25, 0.3) is 0 Å². The van der Waals surface area contributed by atoms with Crippen molar-refractivity contribution < 1.29 is 14.8 Å². The maximum absolute atomic E-state index is 11.9. The number of fused-ring (bicyclic) bond motifs is 4. The van der Waals surface area contributed by atoms with Gasteiger partial charge >= 0.3 is 5.97 Å². The molecule has 31 heavy (non-hydrogen) atoms. The molecule has 0 amide bonds. The molecule has 0 spiro atoms. The lowest BCUT2D eigenvalue weighted by Gasteiger charge is -2.51. The molecule has 0 saturated heterocycles. The number of nitro benzene ring substituents is 1. The SMILES string of the molecule is O=C(O)c1cc2c3c(c1)[C@@H]1C=CC[C@H]1[C@H](c1cccc([N+](=O)[O-])c1)N3C[C@H]1CC=C[C@@H]21. The van der Waals surface area contributed by atoms with Gasteiger partial charge in [0.25, 0.3) is 5.69 Å². The maximum atomic E-state index is 11.9. The molecule has 1 N–H and O–H groups in total. The van der Waals surface area contributed by atoms with Crippen molar-refractivity contribution in [3.63, 3.8) is 0 Å². The highest BCUT2D eigenvalue weighted by atomic mass is 16.6. The number of aromatic carboxylic acids is 1. The fourth-order valence-corrected chi connectivity index (χ4v) is 6.30. The Morgan fingerprint density at radius 3 is 2.58 bits per heavy atom. The molecule has 2 heterocycles. The summed E-state index contributed by atoms with van der Waals surface area (Å²) in [4.78, 5) is 25.5. The van der Waals surface area contributed by atoms with E-state index in [4.69, 9.17) is 0 Å². The Morgan fingerprint density at radius 1 is 1.06 bits per heavy atom. The molecular formula is C25H22N2O4. The van der Waals surface area contributed by atoms with Crippen molar-refractivity contribution in [3.8, 4) is 0 Å². The quantitative estimate of drug-likeness (QED) is 0.425. The van der Waals surface area contributed by atoms with Gasteiger partial charge in [-0.2, -0.15) is 0 Å². The first-order valence-electron chi connectivity index (χ1n) is 10.8. The topological polar surface area (TPSA) is 83.7 Å². The monoisotopic (exact) mass is 414 g/mol. The van der Waals surface area contributed by atoms with Crippen molar-refractivity contribution in [1.29, 1.82) is 0 Å². The molecule has 2 aliphatic heterocycles. The number of hydrogen-bond acceptors (Lipinski definition) is 4. The third kappa shape index (κ3) is 2.60. The van der Waals surface area contributed by atoms with Crippen LogP contribution in [0.3, 0.4) is 0 Å². The molecule has 5 atom stereocenters.